The maximum atomic E-state index is 10.3. The smallest absolute Gasteiger partial charge is 0.258 e. The van der Waals surface area contributed by atoms with Crippen molar-refractivity contribution in [3.05, 3.63) is 44.8 Å². The van der Waals surface area contributed by atoms with E-state index in [4.69, 9.17) is 5.53 Å². The molecule has 0 N–H and O–H groups in total. The largest absolute Gasteiger partial charge is 0.269 e. The summed E-state index contributed by atoms with van der Waals surface area (Å²) in [7, 11) is 0. The lowest BCUT2D eigenvalue weighted by molar-refractivity contribution is -0.384. The second-order valence-corrected chi connectivity index (χ2v) is 3.27. The van der Waals surface area contributed by atoms with Gasteiger partial charge in [0.15, 0.2) is 0 Å². The van der Waals surface area contributed by atoms with Crippen LogP contribution in [0.5, 0.6) is 0 Å². The standard InChI is InChI=1S/C7H6N4O2S/c8-10-9-5-14-7-3-1-6(2-4-7)11(12)13/h1-4H,5H2. The zero-order valence-electron chi connectivity index (χ0n) is 7.03. The Morgan fingerprint density at radius 2 is 2.14 bits per heavy atom. The molecule has 14 heavy (non-hydrogen) atoms. The van der Waals surface area contributed by atoms with E-state index >= 15 is 0 Å². The molecule has 0 radical (unpaired) electrons. The van der Waals surface area contributed by atoms with Crippen LogP contribution in [0.2, 0.25) is 0 Å². The molecule has 7 heteroatoms. The van der Waals surface area contributed by atoms with Crippen LogP contribution < -0.4 is 0 Å². The first-order chi connectivity index (χ1) is 6.74. The van der Waals surface area contributed by atoms with E-state index in [1.54, 1.807) is 12.1 Å². The van der Waals surface area contributed by atoms with Crippen LogP contribution in [0.3, 0.4) is 0 Å². The molecule has 0 aliphatic carbocycles. The van der Waals surface area contributed by atoms with E-state index in [-0.39, 0.29) is 11.6 Å². The molecule has 0 saturated carbocycles. The van der Waals surface area contributed by atoms with Gasteiger partial charge in [-0.25, -0.2) is 0 Å². The van der Waals surface area contributed by atoms with Gasteiger partial charge in [0, 0.05) is 21.9 Å². The molecule has 0 atom stereocenters. The monoisotopic (exact) mass is 210 g/mol. The lowest BCUT2D eigenvalue weighted by atomic mass is 10.3. The first kappa shape index (κ1) is 10.4. The number of rotatable bonds is 4. The van der Waals surface area contributed by atoms with Gasteiger partial charge >= 0.3 is 0 Å². The fourth-order valence-corrected chi connectivity index (χ4v) is 1.38. The van der Waals surface area contributed by atoms with E-state index < -0.39 is 4.92 Å². The maximum Gasteiger partial charge on any atom is 0.269 e. The molecule has 6 nitrogen and oxygen atoms in total. The summed E-state index contributed by atoms with van der Waals surface area (Å²) in [5.41, 5.74) is 8.07. The lowest BCUT2D eigenvalue weighted by Crippen LogP contribution is -1.86. The topological polar surface area (TPSA) is 91.9 Å². The summed E-state index contributed by atoms with van der Waals surface area (Å²) in [5.74, 6) is 0.286. The van der Waals surface area contributed by atoms with Gasteiger partial charge in [-0.2, -0.15) is 0 Å². The van der Waals surface area contributed by atoms with Gasteiger partial charge in [0.25, 0.3) is 5.69 Å². The highest BCUT2D eigenvalue weighted by Gasteiger charge is 2.03. The number of nitro groups is 1. The first-order valence-corrected chi connectivity index (χ1v) is 4.60. The van der Waals surface area contributed by atoms with Crippen molar-refractivity contribution in [1.82, 2.24) is 0 Å². The molecule has 0 bridgehead atoms. The third-order valence-corrected chi connectivity index (χ3v) is 2.25. The quantitative estimate of drug-likeness (QED) is 0.191. The SMILES string of the molecule is [N-]=[N+]=NCSc1ccc([N+](=O)[O-])cc1. The van der Waals surface area contributed by atoms with Crippen LogP contribution >= 0.6 is 11.8 Å². The molecular formula is C7H6N4O2S. The molecule has 1 aromatic carbocycles. The van der Waals surface area contributed by atoms with Crippen LogP contribution in [-0.2, 0) is 0 Å². The average molecular weight is 210 g/mol. The molecule has 0 amide bonds. The summed E-state index contributed by atoms with van der Waals surface area (Å²) in [6.07, 6.45) is 0. The summed E-state index contributed by atoms with van der Waals surface area (Å²) < 4.78 is 0. The van der Waals surface area contributed by atoms with Gasteiger partial charge in [0.1, 0.15) is 0 Å². The van der Waals surface area contributed by atoms with E-state index in [0.717, 1.165) is 4.90 Å². The van der Waals surface area contributed by atoms with Crippen LogP contribution in [0.25, 0.3) is 10.4 Å². The number of hydrogen-bond acceptors (Lipinski definition) is 4. The Kier molecular flexibility index (Phi) is 3.78. The van der Waals surface area contributed by atoms with Crippen molar-refractivity contribution in [1.29, 1.82) is 0 Å². The van der Waals surface area contributed by atoms with Crippen LogP contribution in [0.4, 0.5) is 5.69 Å². The fraction of sp³-hybridized carbons (Fsp3) is 0.143. The second-order valence-electron chi connectivity index (χ2n) is 2.26. The van der Waals surface area contributed by atoms with Gasteiger partial charge < -0.3 is 0 Å². The Labute approximate surface area is 83.7 Å². The Balaban J connectivity index is 2.64. The third kappa shape index (κ3) is 2.96. The maximum absolute atomic E-state index is 10.3. The van der Waals surface area contributed by atoms with Crippen molar-refractivity contribution in [2.75, 3.05) is 5.88 Å². The number of azide groups is 1. The Morgan fingerprint density at radius 1 is 1.50 bits per heavy atom. The van der Waals surface area contributed by atoms with Crippen LogP contribution in [-0.4, -0.2) is 10.8 Å². The highest BCUT2D eigenvalue weighted by Crippen LogP contribution is 2.21. The van der Waals surface area contributed by atoms with Crippen LogP contribution in [0.1, 0.15) is 0 Å². The summed E-state index contributed by atoms with van der Waals surface area (Å²) in [6.45, 7) is 0. The van der Waals surface area contributed by atoms with Gasteiger partial charge in [0.05, 0.1) is 10.8 Å². The van der Waals surface area contributed by atoms with Gasteiger partial charge in [-0.3, -0.25) is 10.1 Å². The van der Waals surface area contributed by atoms with E-state index in [2.05, 4.69) is 10.0 Å². The van der Waals surface area contributed by atoms with Crippen molar-refractivity contribution in [2.45, 2.75) is 4.90 Å². The van der Waals surface area contributed by atoms with Crippen molar-refractivity contribution in [3.8, 4) is 0 Å². The molecule has 0 saturated heterocycles. The second kappa shape index (κ2) is 5.11. The van der Waals surface area contributed by atoms with Crippen molar-refractivity contribution in [2.24, 2.45) is 5.11 Å². The average Bonchev–Trinajstić information content (AvgIpc) is 2.19. The highest BCUT2D eigenvalue weighted by atomic mass is 32.2. The minimum absolute atomic E-state index is 0.0538. The third-order valence-electron chi connectivity index (χ3n) is 1.40. The Hall–Kier alpha value is -1.72. The number of non-ortho nitro benzene ring substituents is 1. The van der Waals surface area contributed by atoms with Crippen molar-refractivity contribution < 1.29 is 4.92 Å². The molecule has 0 aliphatic rings. The molecule has 0 spiro atoms. The zero-order chi connectivity index (χ0) is 10.4. The Bertz CT molecular complexity index is 372. The lowest BCUT2D eigenvalue weighted by Gasteiger charge is -1.96. The number of thioether (sulfide) groups is 1. The Morgan fingerprint density at radius 3 is 2.64 bits per heavy atom. The molecule has 72 valence electrons. The van der Waals surface area contributed by atoms with E-state index in [1.165, 1.54) is 23.9 Å². The number of nitro benzene ring substituents is 1. The molecule has 1 aromatic rings. The minimum Gasteiger partial charge on any atom is -0.258 e. The molecule has 0 fully saturated rings. The predicted octanol–water partition coefficient (Wildman–Crippen LogP) is 2.95. The fourth-order valence-electron chi connectivity index (χ4n) is 0.793. The summed E-state index contributed by atoms with van der Waals surface area (Å²) in [6, 6.07) is 6.07. The summed E-state index contributed by atoms with van der Waals surface area (Å²) >= 11 is 1.32. The van der Waals surface area contributed by atoms with Gasteiger partial charge in [-0.05, 0) is 17.7 Å². The van der Waals surface area contributed by atoms with Gasteiger partial charge in [-0.15, -0.1) is 11.8 Å². The highest BCUT2D eigenvalue weighted by molar-refractivity contribution is 7.99. The van der Waals surface area contributed by atoms with E-state index in [9.17, 15) is 10.1 Å². The van der Waals surface area contributed by atoms with Crippen LogP contribution in [0, 0.1) is 10.1 Å². The molecule has 0 aliphatic heterocycles. The molecule has 0 aromatic heterocycles. The summed E-state index contributed by atoms with van der Waals surface area (Å²) in [5, 5.41) is 13.6. The predicted molar refractivity (Wildman–Crippen MR) is 53.0 cm³/mol. The number of benzene rings is 1. The zero-order valence-corrected chi connectivity index (χ0v) is 7.85. The molecule has 0 unspecified atom stereocenters. The van der Waals surface area contributed by atoms with Gasteiger partial charge in [-0.1, -0.05) is 5.11 Å². The van der Waals surface area contributed by atoms with Gasteiger partial charge in [0.2, 0.25) is 0 Å². The number of nitrogens with zero attached hydrogens (tertiary/aromatic N) is 4. The summed E-state index contributed by atoms with van der Waals surface area (Å²) in [4.78, 5) is 13.3. The molecule has 0 heterocycles. The van der Waals surface area contributed by atoms with Crippen LogP contribution in [0.15, 0.2) is 34.3 Å². The molecule has 1 rings (SSSR count). The number of hydrogen-bond donors (Lipinski definition) is 0. The van der Waals surface area contributed by atoms with E-state index in [0.29, 0.717) is 0 Å². The normalized spacial score (nSPS) is 9.14. The molecular weight excluding hydrogens is 204 g/mol. The van der Waals surface area contributed by atoms with Crippen molar-refractivity contribution >= 4 is 17.4 Å². The minimum atomic E-state index is -0.456. The first-order valence-electron chi connectivity index (χ1n) is 3.62. The van der Waals surface area contributed by atoms with E-state index in [1.807, 2.05) is 0 Å². The van der Waals surface area contributed by atoms with Crippen molar-refractivity contribution in [3.63, 3.8) is 0 Å².